The normalized spacial score (nSPS) is 18.0. The van der Waals surface area contributed by atoms with Gasteiger partial charge in [-0.15, -0.1) is 0 Å². The van der Waals surface area contributed by atoms with E-state index in [1.165, 1.54) is 12.1 Å². The van der Waals surface area contributed by atoms with Crippen LogP contribution in [-0.4, -0.2) is 65.7 Å². The Bertz CT molecular complexity index is 1530. The lowest BCUT2D eigenvalue weighted by Gasteiger charge is -2.34. The summed E-state index contributed by atoms with van der Waals surface area (Å²) >= 11 is 0. The molecular weight excluding hydrogens is 630 g/mol. The molecule has 1 aliphatic heterocycles. The summed E-state index contributed by atoms with van der Waals surface area (Å²) in [6, 6.07) is 12.4. The number of amides is 3. The van der Waals surface area contributed by atoms with Gasteiger partial charge in [-0.05, 0) is 74.1 Å². The SMILES string of the molecule is C[C@@H]1CN([C@H](C)CO)C(=O)Cc2cc(NC(=O)Nc3ccc(C(F)(F)F)cc3)ccc2O[C@H]1CN(C)Cc1ccc(C(F)(F)F)cc1. The number of halogens is 6. The van der Waals surface area contributed by atoms with Crippen molar-refractivity contribution in [2.75, 3.05) is 37.4 Å². The van der Waals surface area contributed by atoms with Crippen LogP contribution < -0.4 is 15.4 Å². The Morgan fingerprint density at radius 3 is 2.09 bits per heavy atom. The van der Waals surface area contributed by atoms with Gasteiger partial charge in [0.05, 0.1) is 30.2 Å². The lowest BCUT2D eigenvalue weighted by molar-refractivity contribution is -0.138. The first-order valence-corrected chi connectivity index (χ1v) is 14.8. The number of hydrogen-bond acceptors (Lipinski definition) is 5. The summed E-state index contributed by atoms with van der Waals surface area (Å²) < 4.78 is 84.0. The number of urea groups is 1. The second kappa shape index (κ2) is 14.6. The van der Waals surface area contributed by atoms with E-state index in [1.807, 2.05) is 18.9 Å². The number of nitrogens with one attached hydrogen (secondary N) is 2. The van der Waals surface area contributed by atoms with Crippen LogP contribution in [-0.2, 0) is 30.1 Å². The molecule has 0 saturated heterocycles. The largest absolute Gasteiger partial charge is 0.488 e. The predicted molar refractivity (Wildman–Crippen MR) is 164 cm³/mol. The minimum Gasteiger partial charge on any atom is -0.488 e. The number of carbonyl (C=O) groups is 2. The molecule has 47 heavy (non-hydrogen) atoms. The van der Waals surface area contributed by atoms with Gasteiger partial charge >= 0.3 is 18.4 Å². The highest BCUT2D eigenvalue weighted by atomic mass is 19.4. The van der Waals surface area contributed by atoms with Gasteiger partial charge in [0.25, 0.3) is 0 Å². The minimum atomic E-state index is -4.51. The van der Waals surface area contributed by atoms with Gasteiger partial charge in [-0.2, -0.15) is 26.3 Å². The second-order valence-corrected chi connectivity index (χ2v) is 11.8. The average Bonchev–Trinajstić information content (AvgIpc) is 3.03. The smallest absolute Gasteiger partial charge is 0.416 e. The van der Waals surface area contributed by atoms with Crippen LogP contribution in [0.1, 0.15) is 36.1 Å². The highest BCUT2D eigenvalue weighted by Gasteiger charge is 2.33. The van der Waals surface area contributed by atoms with Gasteiger partial charge in [-0.3, -0.25) is 9.69 Å². The van der Waals surface area contributed by atoms with Gasteiger partial charge < -0.3 is 25.4 Å². The molecule has 0 fully saturated rings. The lowest BCUT2D eigenvalue weighted by atomic mass is 10.0. The second-order valence-electron chi connectivity index (χ2n) is 11.8. The molecule has 4 rings (SSSR count). The fourth-order valence-electron chi connectivity index (χ4n) is 5.24. The third-order valence-corrected chi connectivity index (χ3v) is 7.87. The summed E-state index contributed by atoms with van der Waals surface area (Å²) in [6.07, 6.45) is -9.52. The van der Waals surface area contributed by atoms with Crippen LogP contribution in [0.3, 0.4) is 0 Å². The molecule has 0 aliphatic carbocycles. The van der Waals surface area contributed by atoms with Gasteiger partial charge in [0, 0.05) is 42.5 Å². The molecule has 1 aliphatic rings. The van der Waals surface area contributed by atoms with Crippen molar-refractivity contribution < 1.29 is 45.8 Å². The number of hydrogen-bond donors (Lipinski definition) is 3. The maximum absolute atomic E-state index is 13.5. The molecule has 0 unspecified atom stereocenters. The Kier molecular flexibility index (Phi) is 11.1. The summed E-state index contributed by atoms with van der Waals surface area (Å²) in [7, 11) is 1.81. The van der Waals surface area contributed by atoms with Crippen molar-refractivity contribution in [2.24, 2.45) is 5.92 Å². The molecule has 254 valence electrons. The Morgan fingerprint density at radius 1 is 0.957 bits per heavy atom. The molecule has 0 spiro atoms. The monoisotopic (exact) mass is 666 g/mol. The zero-order valence-electron chi connectivity index (χ0n) is 26.0. The quantitative estimate of drug-likeness (QED) is 0.234. The summed E-state index contributed by atoms with van der Waals surface area (Å²) in [5.41, 5.74) is -0.0112. The fraction of sp³-hybridized carbons (Fsp3) is 0.394. The first-order chi connectivity index (χ1) is 22.0. The molecule has 3 aromatic rings. The summed E-state index contributed by atoms with van der Waals surface area (Å²) in [5, 5.41) is 15.0. The number of carbonyl (C=O) groups excluding carboxylic acids is 2. The van der Waals surface area contributed by atoms with Gasteiger partial charge in [0.2, 0.25) is 5.91 Å². The van der Waals surface area contributed by atoms with E-state index in [9.17, 15) is 41.0 Å². The van der Waals surface area contributed by atoms with Crippen LogP contribution in [0, 0.1) is 5.92 Å². The molecule has 1 heterocycles. The number of aliphatic hydroxyl groups excluding tert-OH is 1. The van der Waals surface area contributed by atoms with Crippen molar-refractivity contribution >= 4 is 23.3 Å². The zero-order chi connectivity index (χ0) is 34.5. The Hall–Kier alpha value is -4.30. The molecule has 0 radical (unpaired) electrons. The van der Waals surface area contributed by atoms with E-state index in [2.05, 4.69) is 10.6 Å². The molecular formula is C33H36F6N4O4. The Morgan fingerprint density at radius 2 is 1.51 bits per heavy atom. The van der Waals surface area contributed by atoms with E-state index < -0.39 is 41.7 Å². The van der Waals surface area contributed by atoms with Crippen LogP contribution >= 0.6 is 0 Å². The van der Waals surface area contributed by atoms with Crippen molar-refractivity contribution in [1.82, 2.24) is 9.80 Å². The zero-order valence-corrected chi connectivity index (χ0v) is 26.0. The fourth-order valence-corrected chi connectivity index (χ4v) is 5.24. The van der Waals surface area contributed by atoms with E-state index in [1.54, 1.807) is 30.0 Å². The van der Waals surface area contributed by atoms with E-state index in [0.717, 1.165) is 36.4 Å². The average molecular weight is 667 g/mol. The number of alkyl halides is 6. The highest BCUT2D eigenvalue weighted by molar-refractivity contribution is 6.00. The first-order valence-electron chi connectivity index (χ1n) is 14.8. The third-order valence-electron chi connectivity index (χ3n) is 7.87. The molecule has 0 aromatic heterocycles. The summed E-state index contributed by atoms with van der Waals surface area (Å²) in [5.74, 6) is -0.0973. The van der Waals surface area contributed by atoms with Gasteiger partial charge in [0.15, 0.2) is 0 Å². The number of rotatable bonds is 8. The van der Waals surface area contributed by atoms with E-state index in [-0.39, 0.29) is 37.1 Å². The van der Waals surface area contributed by atoms with Gasteiger partial charge in [0.1, 0.15) is 11.9 Å². The third kappa shape index (κ3) is 9.61. The van der Waals surface area contributed by atoms with Crippen molar-refractivity contribution in [2.45, 2.75) is 51.3 Å². The number of benzene rings is 3. The highest BCUT2D eigenvalue weighted by Crippen LogP contribution is 2.32. The van der Waals surface area contributed by atoms with Crippen molar-refractivity contribution in [3.63, 3.8) is 0 Å². The van der Waals surface area contributed by atoms with Crippen molar-refractivity contribution in [3.05, 3.63) is 89.0 Å². The number of anilines is 2. The number of aliphatic hydroxyl groups is 1. The maximum atomic E-state index is 13.5. The number of ether oxygens (including phenoxy) is 1. The van der Waals surface area contributed by atoms with Crippen molar-refractivity contribution in [3.8, 4) is 5.75 Å². The van der Waals surface area contributed by atoms with Crippen LogP contribution in [0.15, 0.2) is 66.7 Å². The van der Waals surface area contributed by atoms with Crippen LogP contribution in [0.2, 0.25) is 0 Å². The molecule has 3 aromatic carbocycles. The predicted octanol–water partition coefficient (Wildman–Crippen LogP) is 6.65. The molecule has 0 bridgehead atoms. The van der Waals surface area contributed by atoms with Gasteiger partial charge in [-0.1, -0.05) is 19.1 Å². The molecule has 0 saturated carbocycles. The van der Waals surface area contributed by atoms with Crippen LogP contribution in [0.25, 0.3) is 0 Å². The number of nitrogens with zero attached hydrogens (tertiary/aromatic N) is 2. The Labute approximate surface area is 268 Å². The maximum Gasteiger partial charge on any atom is 0.416 e. The van der Waals surface area contributed by atoms with E-state index in [0.29, 0.717) is 35.7 Å². The van der Waals surface area contributed by atoms with E-state index >= 15 is 0 Å². The Balaban J connectivity index is 1.52. The summed E-state index contributed by atoms with van der Waals surface area (Å²) in [6.45, 7) is 4.33. The standard InChI is InChI=1S/C33H36F6N4O4/c1-20-16-43(21(2)19-44)30(45)15-23-14-27(41-31(46)40-26-10-8-25(9-11-26)33(37,38)39)12-13-28(23)47-29(20)18-42(3)17-22-4-6-24(7-5-22)32(34,35)36/h4-14,20-21,29,44H,15-19H2,1-3H3,(H2,40,41,46)/t20-,21-,29+/m1/s1. The topological polar surface area (TPSA) is 94.1 Å². The number of fused-ring (bicyclic) bond motifs is 1. The first kappa shape index (κ1) is 35.6. The number of likely N-dealkylation sites (N-methyl/N-ethyl adjacent to an activating group) is 1. The van der Waals surface area contributed by atoms with Crippen LogP contribution in [0.5, 0.6) is 5.75 Å². The van der Waals surface area contributed by atoms with E-state index in [4.69, 9.17) is 4.74 Å². The lowest BCUT2D eigenvalue weighted by Crippen LogP contribution is -2.47. The molecule has 3 N–H and O–H groups in total. The minimum absolute atomic E-state index is 0.101. The molecule has 14 heteroatoms. The molecule has 8 nitrogen and oxygen atoms in total. The van der Waals surface area contributed by atoms with Gasteiger partial charge in [-0.25, -0.2) is 4.79 Å². The van der Waals surface area contributed by atoms with Crippen molar-refractivity contribution in [1.29, 1.82) is 0 Å². The molecule has 3 atom stereocenters. The summed E-state index contributed by atoms with van der Waals surface area (Å²) in [4.78, 5) is 29.6. The molecule has 3 amide bonds. The van der Waals surface area contributed by atoms with Crippen LogP contribution in [0.4, 0.5) is 42.5 Å².